The summed E-state index contributed by atoms with van der Waals surface area (Å²) in [7, 11) is 1.70. The third-order valence-corrected chi connectivity index (χ3v) is 3.69. The molecule has 0 N–H and O–H groups in total. The maximum Gasteiger partial charge on any atom is 0.200 e. The van der Waals surface area contributed by atoms with Gasteiger partial charge in [0.15, 0.2) is 6.29 Å². The summed E-state index contributed by atoms with van der Waals surface area (Å²) in [4.78, 5) is 0. The molecular weight excluding hydrogens is 272 g/mol. The first-order chi connectivity index (χ1) is 10.3. The van der Waals surface area contributed by atoms with Crippen LogP contribution >= 0.6 is 0 Å². The normalized spacial score (nSPS) is 15.3. The van der Waals surface area contributed by atoms with E-state index in [1.165, 1.54) is 5.56 Å². The predicted molar refractivity (Wildman–Crippen MR) is 94.3 cm³/mol. The molecule has 124 valence electrons. The van der Waals surface area contributed by atoms with E-state index < -0.39 is 0 Å². The van der Waals surface area contributed by atoms with Gasteiger partial charge in [0.1, 0.15) is 5.75 Å². The number of methoxy groups -OCH3 is 1. The first-order valence-electron chi connectivity index (χ1n) is 8.19. The Balaban J connectivity index is 2.79. The average molecular weight is 304 g/mol. The Kier molecular flexibility index (Phi) is 7.15. The fourth-order valence-electron chi connectivity index (χ4n) is 2.52. The SMILES string of the molecule is C/C=C\C(c1ccc(OC(CC(C)(C)C)OC)cc1)C(C)C. The molecule has 0 radical (unpaired) electrons. The van der Waals surface area contributed by atoms with Crippen molar-refractivity contribution in [3.05, 3.63) is 42.0 Å². The molecule has 1 aromatic rings. The molecule has 1 aromatic carbocycles. The Morgan fingerprint density at radius 3 is 2.09 bits per heavy atom. The van der Waals surface area contributed by atoms with Crippen molar-refractivity contribution in [3.8, 4) is 5.75 Å². The fraction of sp³-hybridized carbons (Fsp3) is 0.600. The van der Waals surface area contributed by atoms with Crippen LogP contribution in [0.4, 0.5) is 0 Å². The molecule has 22 heavy (non-hydrogen) atoms. The van der Waals surface area contributed by atoms with Gasteiger partial charge in [-0.05, 0) is 36.0 Å². The van der Waals surface area contributed by atoms with Crippen molar-refractivity contribution in [2.24, 2.45) is 11.3 Å². The molecule has 1 rings (SSSR count). The van der Waals surface area contributed by atoms with E-state index in [9.17, 15) is 0 Å². The number of benzene rings is 1. The van der Waals surface area contributed by atoms with E-state index in [2.05, 4.69) is 65.8 Å². The molecule has 0 aliphatic carbocycles. The predicted octanol–water partition coefficient (Wildman–Crippen LogP) is 5.79. The van der Waals surface area contributed by atoms with Crippen LogP contribution in [-0.4, -0.2) is 13.4 Å². The van der Waals surface area contributed by atoms with Crippen LogP contribution in [0.3, 0.4) is 0 Å². The summed E-state index contributed by atoms with van der Waals surface area (Å²) in [6.07, 6.45) is 5.04. The van der Waals surface area contributed by atoms with Crippen molar-refractivity contribution in [2.45, 2.75) is 60.2 Å². The van der Waals surface area contributed by atoms with E-state index in [-0.39, 0.29) is 11.7 Å². The molecular formula is C20H32O2. The van der Waals surface area contributed by atoms with Crippen molar-refractivity contribution in [1.29, 1.82) is 0 Å². The molecule has 0 heterocycles. The second kappa shape index (κ2) is 8.38. The van der Waals surface area contributed by atoms with Crippen LogP contribution in [0.15, 0.2) is 36.4 Å². The van der Waals surface area contributed by atoms with Crippen molar-refractivity contribution in [2.75, 3.05) is 7.11 Å². The van der Waals surface area contributed by atoms with E-state index in [1.54, 1.807) is 7.11 Å². The van der Waals surface area contributed by atoms with E-state index in [0.717, 1.165) is 12.2 Å². The van der Waals surface area contributed by atoms with E-state index in [4.69, 9.17) is 9.47 Å². The highest BCUT2D eigenvalue weighted by Gasteiger charge is 2.20. The Morgan fingerprint density at radius 1 is 1.09 bits per heavy atom. The lowest BCUT2D eigenvalue weighted by molar-refractivity contribution is -0.0756. The van der Waals surface area contributed by atoms with E-state index in [0.29, 0.717) is 11.8 Å². The van der Waals surface area contributed by atoms with Gasteiger partial charge in [-0.25, -0.2) is 0 Å². The Morgan fingerprint density at radius 2 is 1.68 bits per heavy atom. The highest BCUT2D eigenvalue weighted by molar-refractivity contribution is 5.32. The van der Waals surface area contributed by atoms with Crippen molar-refractivity contribution < 1.29 is 9.47 Å². The summed E-state index contributed by atoms with van der Waals surface area (Å²) < 4.78 is 11.4. The molecule has 0 bridgehead atoms. The van der Waals surface area contributed by atoms with Gasteiger partial charge in [0.05, 0.1) is 0 Å². The van der Waals surface area contributed by atoms with Crippen LogP contribution in [-0.2, 0) is 4.74 Å². The number of rotatable bonds is 7. The first-order valence-corrected chi connectivity index (χ1v) is 8.19. The number of ether oxygens (including phenoxy) is 2. The molecule has 2 nitrogen and oxygen atoms in total. The van der Waals surface area contributed by atoms with Crippen molar-refractivity contribution in [1.82, 2.24) is 0 Å². The molecule has 0 aromatic heterocycles. The average Bonchev–Trinajstić information content (AvgIpc) is 2.43. The minimum atomic E-state index is -0.206. The first kappa shape index (κ1) is 18.8. The Bertz CT molecular complexity index is 452. The van der Waals surface area contributed by atoms with Crippen LogP contribution in [0.2, 0.25) is 0 Å². The van der Waals surface area contributed by atoms with E-state index in [1.807, 2.05) is 12.1 Å². The molecule has 0 amide bonds. The van der Waals surface area contributed by atoms with Gasteiger partial charge >= 0.3 is 0 Å². The van der Waals surface area contributed by atoms with Crippen molar-refractivity contribution >= 4 is 0 Å². The molecule has 0 spiro atoms. The second-order valence-electron chi connectivity index (χ2n) is 7.41. The quantitative estimate of drug-likeness (QED) is 0.469. The van der Waals surface area contributed by atoms with E-state index >= 15 is 0 Å². The fourth-order valence-corrected chi connectivity index (χ4v) is 2.52. The van der Waals surface area contributed by atoms with Gasteiger partial charge in [-0.2, -0.15) is 0 Å². The summed E-state index contributed by atoms with van der Waals surface area (Å²) >= 11 is 0. The molecule has 2 heteroatoms. The van der Waals surface area contributed by atoms with Gasteiger partial charge in [0.2, 0.25) is 0 Å². The van der Waals surface area contributed by atoms with Gasteiger partial charge in [-0.1, -0.05) is 58.9 Å². The summed E-state index contributed by atoms with van der Waals surface area (Å²) in [5.41, 5.74) is 1.50. The zero-order chi connectivity index (χ0) is 16.8. The summed E-state index contributed by atoms with van der Waals surface area (Å²) in [5, 5.41) is 0. The lowest BCUT2D eigenvalue weighted by atomic mass is 9.88. The monoisotopic (exact) mass is 304 g/mol. The Hall–Kier alpha value is -1.28. The summed E-state index contributed by atoms with van der Waals surface area (Å²) in [6.45, 7) is 13.1. The van der Waals surface area contributed by atoms with Crippen LogP contribution in [0, 0.1) is 11.3 Å². The highest BCUT2D eigenvalue weighted by Crippen LogP contribution is 2.29. The molecule has 0 saturated carbocycles. The smallest absolute Gasteiger partial charge is 0.200 e. The zero-order valence-corrected chi connectivity index (χ0v) is 15.2. The minimum Gasteiger partial charge on any atom is -0.465 e. The van der Waals surface area contributed by atoms with Gasteiger partial charge in [-0.15, -0.1) is 0 Å². The molecule has 2 unspecified atom stereocenters. The Labute approximate surface area is 136 Å². The third kappa shape index (κ3) is 6.23. The largest absolute Gasteiger partial charge is 0.465 e. The molecule has 0 saturated heterocycles. The lowest BCUT2D eigenvalue weighted by Crippen LogP contribution is -2.25. The van der Waals surface area contributed by atoms with Crippen molar-refractivity contribution in [3.63, 3.8) is 0 Å². The minimum absolute atomic E-state index is 0.176. The third-order valence-electron chi connectivity index (χ3n) is 3.69. The topological polar surface area (TPSA) is 18.5 Å². The summed E-state index contributed by atoms with van der Waals surface area (Å²) in [5.74, 6) is 1.89. The number of allylic oxidation sites excluding steroid dienone is 2. The van der Waals surface area contributed by atoms with Gasteiger partial charge < -0.3 is 9.47 Å². The van der Waals surface area contributed by atoms with Crippen LogP contribution < -0.4 is 4.74 Å². The second-order valence-corrected chi connectivity index (χ2v) is 7.41. The number of hydrogen-bond donors (Lipinski definition) is 0. The van der Waals surface area contributed by atoms with Gasteiger partial charge in [-0.3, -0.25) is 0 Å². The molecule has 0 aliphatic rings. The number of hydrogen-bond acceptors (Lipinski definition) is 2. The van der Waals surface area contributed by atoms with Crippen LogP contribution in [0.25, 0.3) is 0 Å². The molecule has 0 fully saturated rings. The van der Waals surface area contributed by atoms with Crippen LogP contribution in [0.1, 0.15) is 59.4 Å². The lowest BCUT2D eigenvalue weighted by Gasteiger charge is -2.25. The highest BCUT2D eigenvalue weighted by atomic mass is 16.7. The maximum absolute atomic E-state index is 5.95. The molecule has 0 aliphatic heterocycles. The summed E-state index contributed by atoms with van der Waals surface area (Å²) in [6, 6.07) is 8.40. The standard InChI is InChI=1S/C20H32O2/c1-8-9-18(15(2)3)16-10-12-17(13-11-16)22-19(21-7)14-20(4,5)6/h8-13,15,18-19H,14H2,1-7H3/b9-8-. The van der Waals surface area contributed by atoms with Gasteiger partial charge in [0, 0.05) is 19.4 Å². The van der Waals surface area contributed by atoms with Gasteiger partial charge in [0.25, 0.3) is 0 Å². The van der Waals surface area contributed by atoms with Crippen LogP contribution in [0.5, 0.6) is 5.75 Å². The maximum atomic E-state index is 5.95. The zero-order valence-electron chi connectivity index (χ0n) is 15.2. The molecule has 2 atom stereocenters.